The summed E-state index contributed by atoms with van der Waals surface area (Å²) in [5.41, 5.74) is 1.89. The summed E-state index contributed by atoms with van der Waals surface area (Å²) in [4.78, 5) is 27.3. The first-order chi connectivity index (χ1) is 9.06. The quantitative estimate of drug-likeness (QED) is 0.879. The van der Waals surface area contributed by atoms with Crippen LogP contribution in [0.5, 0.6) is 0 Å². The lowest BCUT2D eigenvalue weighted by Crippen LogP contribution is -2.15. The van der Waals surface area contributed by atoms with Crippen LogP contribution in [0.15, 0.2) is 47.4 Å². The van der Waals surface area contributed by atoms with Gasteiger partial charge in [-0.2, -0.15) is 0 Å². The van der Waals surface area contributed by atoms with Crippen molar-refractivity contribution in [2.24, 2.45) is 0 Å². The van der Waals surface area contributed by atoms with Crippen LogP contribution in [-0.4, -0.2) is 25.0 Å². The number of pyridine rings is 1. The average molecular weight is 257 g/mol. The number of aromatic amines is 1. The lowest BCUT2D eigenvalue weighted by atomic mass is 10.2. The van der Waals surface area contributed by atoms with Gasteiger partial charge in [0, 0.05) is 37.7 Å². The van der Waals surface area contributed by atoms with E-state index in [-0.39, 0.29) is 11.5 Å². The standard InChI is InChI=1S/C14H15N3O2/c1-17(2)12-5-3-4-11(8-12)16-14(19)10-6-7-13(18)15-9-10/h3-9H,1-2H3,(H,15,18)(H,16,19). The van der Waals surface area contributed by atoms with Crippen LogP contribution in [0.1, 0.15) is 10.4 Å². The first kappa shape index (κ1) is 12.9. The number of nitrogens with zero attached hydrogens (tertiary/aromatic N) is 1. The first-order valence-corrected chi connectivity index (χ1v) is 5.84. The maximum absolute atomic E-state index is 12.0. The van der Waals surface area contributed by atoms with Gasteiger partial charge in [0.1, 0.15) is 0 Å². The molecule has 0 spiro atoms. The minimum absolute atomic E-state index is 0.230. The summed E-state index contributed by atoms with van der Waals surface area (Å²) < 4.78 is 0. The summed E-state index contributed by atoms with van der Waals surface area (Å²) in [5.74, 6) is -0.257. The molecule has 0 saturated heterocycles. The van der Waals surface area contributed by atoms with E-state index < -0.39 is 0 Å². The van der Waals surface area contributed by atoms with Gasteiger partial charge < -0.3 is 15.2 Å². The minimum atomic E-state index is -0.257. The Morgan fingerprint density at radius 2 is 2.00 bits per heavy atom. The minimum Gasteiger partial charge on any atom is -0.378 e. The predicted octanol–water partition coefficient (Wildman–Crippen LogP) is 1.69. The Hall–Kier alpha value is -2.56. The zero-order valence-corrected chi connectivity index (χ0v) is 10.8. The van der Waals surface area contributed by atoms with Gasteiger partial charge in [0.25, 0.3) is 5.91 Å². The molecule has 0 atom stereocenters. The molecule has 0 radical (unpaired) electrons. The van der Waals surface area contributed by atoms with Crippen LogP contribution >= 0.6 is 0 Å². The number of amides is 1. The Bertz CT molecular complexity index is 627. The van der Waals surface area contributed by atoms with Gasteiger partial charge in [-0.3, -0.25) is 9.59 Å². The molecule has 5 nitrogen and oxygen atoms in total. The van der Waals surface area contributed by atoms with Crippen LogP contribution in [0.25, 0.3) is 0 Å². The SMILES string of the molecule is CN(C)c1cccc(NC(=O)c2ccc(=O)[nH]c2)c1. The molecule has 0 aliphatic heterocycles. The van der Waals surface area contributed by atoms with Gasteiger partial charge >= 0.3 is 0 Å². The second-order valence-electron chi connectivity index (χ2n) is 4.34. The molecule has 0 saturated carbocycles. The van der Waals surface area contributed by atoms with Crippen molar-refractivity contribution in [1.29, 1.82) is 0 Å². The average Bonchev–Trinajstić information content (AvgIpc) is 2.39. The normalized spacial score (nSPS) is 10.0. The van der Waals surface area contributed by atoms with E-state index >= 15 is 0 Å². The molecule has 1 aromatic heterocycles. The molecule has 2 aromatic rings. The van der Waals surface area contributed by atoms with Gasteiger partial charge in [-0.05, 0) is 24.3 Å². The molecule has 98 valence electrons. The van der Waals surface area contributed by atoms with Crippen molar-refractivity contribution in [2.75, 3.05) is 24.3 Å². The third kappa shape index (κ3) is 3.22. The van der Waals surface area contributed by atoms with Crippen LogP contribution in [0, 0.1) is 0 Å². The first-order valence-electron chi connectivity index (χ1n) is 5.84. The molecular weight excluding hydrogens is 242 g/mol. The number of aromatic nitrogens is 1. The van der Waals surface area contributed by atoms with Gasteiger partial charge in [-0.1, -0.05) is 6.07 Å². The molecule has 19 heavy (non-hydrogen) atoms. The lowest BCUT2D eigenvalue weighted by molar-refractivity contribution is 0.102. The zero-order chi connectivity index (χ0) is 13.8. The molecule has 2 rings (SSSR count). The molecule has 2 N–H and O–H groups in total. The van der Waals surface area contributed by atoms with E-state index in [0.29, 0.717) is 11.3 Å². The Labute approximate surface area is 110 Å². The van der Waals surface area contributed by atoms with E-state index in [9.17, 15) is 9.59 Å². The molecule has 1 amide bonds. The van der Waals surface area contributed by atoms with Crippen molar-refractivity contribution < 1.29 is 4.79 Å². The number of hydrogen-bond acceptors (Lipinski definition) is 3. The molecule has 1 heterocycles. The molecule has 5 heteroatoms. The highest BCUT2D eigenvalue weighted by Crippen LogP contribution is 2.17. The summed E-state index contributed by atoms with van der Waals surface area (Å²) in [6, 6.07) is 10.3. The second kappa shape index (κ2) is 5.39. The highest BCUT2D eigenvalue weighted by atomic mass is 16.1. The molecule has 0 unspecified atom stereocenters. The molecule has 0 bridgehead atoms. The lowest BCUT2D eigenvalue weighted by Gasteiger charge is -2.14. The van der Waals surface area contributed by atoms with E-state index in [1.165, 1.54) is 18.3 Å². The van der Waals surface area contributed by atoms with Crippen LogP contribution in [0.4, 0.5) is 11.4 Å². The van der Waals surface area contributed by atoms with Crippen molar-refractivity contribution in [1.82, 2.24) is 4.98 Å². The maximum atomic E-state index is 12.0. The molecule has 0 aliphatic rings. The van der Waals surface area contributed by atoms with Crippen molar-refractivity contribution in [3.63, 3.8) is 0 Å². The van der Waals surface area contributed by atoms with Gasteiger partial charge in [0.2, 0.25) is 5.56 Å². The summed E-state index contributed by atoms with van der Waals surface area (Å²) in [7, 11) is 3.87. The van der Waals surface area contributed by atoms with Gasteiger partial charge in [-0.15, -0.1) is 0 Å². The Kier molecular flexibility index (Phi) is 3.66. The number of benzene rings is 1. The molecule has 1 aromatic carbocycles. The fraction of sp³-hybridized carbons (Fsp3) is 0.143. The highest BCUT2D eigenvalue weighted by Gasteiger charge is 2.06. The largest absolute Gasteiger partial charge is 0.378 e. The summed E-state index contributed by atoms with van der Waals surface area (Å²) in [6.07, 6.45) is 1.40. The van der Waals surface area contributed by atoms with Crippen LogP contribution in [0.2, 0.25) is 0 Å². The number of anilines is 2. The van der Waals surface area contributed by atoms with Crippen molar-refractivity contribution in [3.8, 4) is 0 Å². The van der Waals surface area contributed by atoms with E-state index in [1.54, 1.807) is 0 Å². The zero-order valence-electron chi connectivity index (χ0n) is 10.8. The third-order valence-electron chi connectivity index (χ3n) is 2.67. The monoisotopic (exact) mass is 257 g/mol. The van der Waals surface area contributed by atoms with Crippen molar-refractivity contribution in [2.45, 2.75) is 0 Å². The van der Waals surface area contributed by atoms with Gasteiger partial charge in [0.05, 0.1) is 5.56 Å². The number of carbonyl (C=O) groups excluding carboxylic acids is 1. The van der Waals surface area contributed by atoms with Crippen molar-refractivity contribution in [3.05, 3.63) is 58.5 Å². The van der Waals surface area contributed by atoms with E-state index in [1.807, 2.05) is 43.3 Å². The van der Waals surface area contributed by atoms with Gasteiger partial charge in [0.15, 0.2) is 0 Å². The van der Waals surface area contributed by atoms with Crippen LogP contribution in [-0.2, 0) is 0 Å². The summed E-state index contributed by atoms with van der Waals surface area (Å²) >= 11 is 0. The highest BCUT2D eigenvalue weighted by molar-refractivity contribution is 6.04. The fourth-order valence-electron chi connectivity index (χ4n) is 1.62. The number of H-pyrrole nitrogens is 1. The Morgan fingerprint density at radius 3 is 2.63 bits per heavy atom. The Balaban J connectivity index is 2.17. The third-order valence-corrected chi connectivity index (χ3v) is 2.67. The molecule has 0 fully saturated rings. The van der Waals surface area contributed by atoms with Gasteiger partial charge in [-0.25, -0.2) is 0 Å². The summed E-state index contributed by atoms with van der Waals surface area (Å²) in [5, 5.41) is 2.79. The molecular formula is C14H15N3O2. The number of nitrogens with one attached hydrogen (secondary N) is 2. The second-order valence-corrected chi connectivity index (χ2v) is 4.34. The van der Waals surface area contributed by atoms with Crippen LogP contribution < -0.4 is 15.8 Å². The summed E-state index contributed by atoms with van der Waals surface area (Å²) in [6.45, 7) is 0. The van der Waals surface area contributed by atoms with E-state index in [4.69, 9.17) is 0 Å². The van der Waals surface area contributed by atoms with Crippen molar-refractivity contribution >= 4 is 17.3 Å². The topological polar surface area (TPSA) is 65.2 Å². The Morgan fingerprint density at radius 1 is 1.21 bits per heavy atom. The fourth-order valence-corrected chi connectivity index (χ4v) is 1.62. The maximum Gasteiger partial charge on any atom is 0.257 e. The molecule has 0 aliphatic carbocycles. The number of rotatable bonds is 3. The van der Waals surface area contributed by atoms with E-state index in [2.05, 4.69) is 10.3 Å². The number of carbonyl (C=O) groups is 1. The smallest absolute Gasteiger partial charge is 0.257 e. The predicted molar refractivity (Wildman–Crippen MR) is 75.8 cm³/mol. The van der Waals surface area contributed by atoms with Crippen LogP contribution in [0.3, 0.4) is 0 Å². The number of hydrogen-bond donors (Lipinski definition) is 2. The van der Waals surface area contributed by atoms with E-state index in [0.717, 1.165) is 5.69 Å².